The minimum Gasteiger partial charge on any atom is -0.370 e. The second-order valence-corrected chi connectivity index (χ2v) is 9.35. The van der Waals surface area contributed by atoms with Gasteiger partial charge in [-0.15, -0.1) is 0 Å². The molecule has 8 heteroatoms. The molecular formula is C26H26ClN3O4. The molecule has 2 aliphatic rings. The molecule has 0 radical (unpaired) electrons. The molecule has 3 aromatic rings. The van der Waals surface area contributed by atoms with Crippen molar-refractivity contribution in [2.75, 3.05) is 13.6 Å². The van der Waals surface area contributed by atoms with Crippen molar-refractivity contribution in [3.05, 3.63) is 59.1 Å². The van der Waals surface area contributed by atoms with E-state index in [1.165, 1.54) is 11.9 Å². The fourth-order valence-electron chi connectivity index (χ4n) is 5.29. The summed E-state index contributed by atoms with van der Waals surface area (Å²) >= 11 is 6.81. The predicted molar refractivity (Wildman–Crippen MR) is 130 cm³/mol. The summed E-state index contributed by atoms with van der Waals surface area (Å²) in [6.45, 7) is 0.520. The maximum absolute atomic E-state index is 13.2. The highest BCUT2D eigenvalue weighted by molar-refractivity contribution is 6.41. The van der Waals surface area contributed by atoms with Gasteiger partial charge in [-0.25, -0.2) is 0 Å². The third-order valence-electron chi connectivity index (χ3n) is 6.92. The summed E-state index contributed by atoms with van der Waals surface area (Å²) in [4.78, 5) is 44.5. The monoisotopic (exact) mass is 479 g/mol. The number of hydrogen-bond acceptors (Lipinski definition) is 5. The van der Waals surface area contributed by atoms with Gasteiger partial charge in [0.05, 0.1) is 17.0 Å². The lowest BCUT2D eigenvalue weighted by Crippen LogP contribution is -2.35. The van der Waals surface area contributed by atoms with E-state index in [9.17, 15) is 14.4 Å². The van der Waals surface area contributed by atoms with Gasteiger partial charge in [-0.05, 0) is 29.2 Å². The first kappa shape index (κ1) is 22.8. The summed E-state index contributed by atoms with van der Waals surface area (Å²) in [5.41, 5.74) is 6.20. The van der Waals surface area contributed by atoms with Crippen LogP contribution >= 0.6 is 11.6 Å². The Bertz CT molecular complexity index is 1250. The van der Waals surface area contributed by atoms with Gasteiger partial charge in [-0.3, -0.25) is 24.1 Å². The first-order valence-corrected chi connectivity index (χ1v) is 11.9. The van der Waals surface area contributed by atoms with Crippen LogP contribution in [0.15, 0.2) is 48.5 Å². The van der Waals surface area contributed by atoms with E-state index < -0.39 is 18.1 Å². The van der Waals surface area contributed by atoms with Crippen LogP contribution in [-0.2, 0) is 19.2 Å². The maximum Gasteiger partial charge on any atom is 0.261 e. The zero-order valence-electron chi connectivity index (χ0n) is 18.9. The second-order valence-electron chi connectivity index (χ2n) is 8.97. The lowest BCUT2D eigenvalue weighted by Gasteiger charge is -2.29. The number of primary amides is 1. The van der Waals surface area contributed by atoms with Crippen LogP contribution in [0.1, 0.15) is 37.3 Å². The maximum atomic E-state index is 13.2. The largest absolute Gasteiger partial charge is 0.370 e. The number of carbonyl (C=O) groups excluding carboxylic acids is 3. The third-order valence-corrected chi connectivity index (χ3v) is 7.33. The van der Waals surface area contributed by atoms with Crippen molar-refractivity contribution in [1.29, 1.82) is 0 Å². The summed E-state index contributed by atoms with van der Waals surface area (Å²) < 4.78 is 0. The Labute approximate surface area is 202 Å². The topological polar surface area (TPSA) is 92.9 Å². The number of unbranched alkanes of at least 4 members (excludes halogenated alkanes) is 2. The van der Waals surface area contributed by atoms with Gasteiger partial charge >= 0.3 is 0 Å². The van der Waals surface area contributed by atoms with Crippen molar-refractivity contribution < 1.29 is 19.2 Å². The van der Waals surface area contributed by atoms with Crippen LogP contribution in [0.25, 0.3) is 21.5 Å². The highest BCUT2D eigenvalue weighted by Gasteiger charge is 2.58. The Balaban J connectivity index is 1.62. The quantitative estimate of drug-likeness (QED) is 0.314. The van der Waals surface area contributed by atoms with E-state index in [0.717, 1.165) is 39.9 Å². The van der Waals surface area contributed by atoms with Crippen LogP contribution in [0.5, 0.6) is 0 Å². The summed E-state index contributed by atoms with van der Waals surface area (Å²) in [7, 11) is 1.51. The summed E-state index contributed by atoms with van der Waals surface area (Å²) in [6.07, 6.45) is 1.71. The highest BCUT2D eigenvalue weighted by atomic mass is 35.5. The number of benzene rings is 3. The van der Waals surface area contributed by atoms with E-state index in [2.05, 4.69) is 0 Å². The van der Waals surface area contributed by atoms with E-state index in [0.29, 0.717) is 24.4 Å². The number of halogens is 1. The summed E-state index contributed by atoms with van der Waals surface area (Å²) in [5, 5.41) is 6.13. The number of hydrogen-bond donors (Lipinski definition) is 1. The molecule has 0 bridgehead atoms. The average molecular weight is 480 g/mol. The van der Waals surface area contributed by atoms with Gasteiger partial charge in [-0.1, -0.05) is 66.6 Å². The molecule has 34 heavy (non-hydrogen) atoms. The normalized spacial score (nSPS) is 22.8. The van der Waals surface area contributed by atoms with Crippen LogP contribution in [0.3, 0.4) is 0 Å². The number of carbonyl (C=O) groups is 3. The molecule has 7 nitrogen and oxygen atoms in total. The number of imide groups is 1. The minimum atomic E-state index is -0.846. The predicted octanol–water partition coefficient (Wildman–Crippen LogP) is 3.96. The number of nitrogens with zero attached hydrogens (tertiary/aromatic N) is 2. The van der Waals surface area contributed by atoms with Crippen molar-refractivity contribution in [3.63, 3.8) is 0 Å². The Morgan fingerprint density at radius 3 is 2.12 bits per heavy atom. The first-order chi connectivity index (χ1) is 16.4. The molecule has 2 fully saturated rings. The molecule has 3 atom stereocenters. The van der Waals surface area contributed by atoms with Gasteiger partial charge in [0.1, 0.15) is 0 Å². The Morgan fingerprint density at radius 2 is 1.53 bits per heavy atom. The Morgan fingerprint density at radius 1 is 0.941 bits per heavy atom. The number of nitrogens with two attached hydrogens (primary N) is 1. The van der Waals surface area contributed by atoms with Crippen molar-refractivity contribution in [3.8, 4) is 0 Å². The van der Waals surface area contributed by atoms with Crippen molar-refractivity contribution in [2.24, 2.45) is 11.7 Å². The van der Waals surface area contributed by atoms with Crippen LogP contribution in [0.4, 0.5) is 0 Å². The lowest BCUT2D eigenvalue weighted by molar-refractivity contribution is -0.179. The fourth-order valence-corrected chi connectivity index (χ4v) is 5.62. The molecular weight excluding hydrogens is 454 g/mol. The number of likely N-dealkylation sites (N-methyl/N-ethyl adjacent to an activating group) is 1. The number of hydroxylamine groups is 2. The molecule has 2 saturated heterocycles. The molecule has 3 unspecified atom stereocenters. The molecule has 0 spiro atoms. The van der Waals surface area contributed by atoms with Crippen molar-refractivity contribution >= 4 is 50.9 Å². The highest BCUT2D eigenvalue weighted by Crippen LogP contribution is 2.49. The zero-order valence-corrected chi connectivity index (χ0v) is 19.6. The second kappa shape index (κ2) is 8.98. The first-order valence-electron chi connectivity index (χ1n) is 11.5. The van der Waals surface area contributed by atoms with E-state index in [4.69, 9.17) is 22.2 Å². The van der Waals surface area contributed by atoms with E-state index >= 15 is 0 Å². The minimum absolute atomic E-state index is 0.237. The van der Waals surface area contributed by atoms with Gasteiger partial charge in [0, 0.05) is 30.8 Å². The van der Waals surface area contributed by atoms with Gasteiger partial charge < -0.3 is 5.73 Å². The Kier molecular flexibility index (Phi) is 6.02. The molecule has 2 N–H and O–H groups in total. The number of likely N-dealkylation sites (tertiary alicyclic amines) is 1. The fraction of sp³-hybridized carbons (Fsp3) is 0.346. The Hall–Kier alpha value is -3.00. The van der Waals surface area contributed by atoms with Crippen LogP contribution in [-0.4, -0.2) is 47.4 Å². The molecule has 0 aliphatic carbocycles. The van der Waals surface area contributed by atoms with Crippen LogP contribution < -0.4 is 5.73 Å². The molecule has 0 aromatic heterocycles. The number of amides is 3. The number of fused-ring (bicyclic) bond motifs is 3. The molecule has 5 rings (SSSR count). The molecule has 176 valence electrons. The summed E-state index contributed by atoms with van der Waals surface area (Å²) in [5.74, 6) is -1.52. The number of rotatable bonds is 7. The molecule has 2 aliphatic heterocycles. The van der Waals surface area contributed by atoms with E-state index in [1.807, 2.05) is 48.5 Å². The lowest BCUT2D eigenvalue weighted by atomic mass is 9.84. The van der Waals surface area contributed by atoms with Gasteiger partial charge in [-0.2, -0.15) is 5.06 Å². The van der Waals surface area contributed by atoms with Gasteiger partial charge in [0.2, 0.25) is 11.8 Å². The summed E-state index contributed by atoms with van der Waals surface area (Å²) in [6, 6.07) is 15.3. The SMILES string of the molecule is CN1C(=O)C2ON(CCCCCC(N)=O)C(c3c4ccccc4c(Cl)c4ccccc34)C2C1=O. The third kappa shape index (κ3) is 3.64. The van der Waals surface area contributed by atoms with Crippen LogP contribution in [0, 0.1) is 5.92 Å². The van der Waals surface area contributed by atoms with Gasteiger partial charge in [0.15, 0.2) is 6.10 Å². The molecule has 2 heterocycles. The van der Waals surface area contributed by atoms with Crippen LogP contribution in [0.2, 0.25) is 5.02 Å². The standard InChI is InChI=1S/C26H26ClN3O4/c1-29-25(32)21-23(30(34-24(21)26(29)33)14-8-2-3-13-19(28)31)20-15-9-4-6-11-17(15)22(27)18-12-7-5-10-16(18)20/h4-7,9-12,21,23-24H,2-3,8,13-14H2,1H3,(H2,28,31). The molecule has 0 saturated carbocycles. The molecule has 3 aromatic carbocycles. The van der Waals surface area contributed by atoms with E-state index in [1.54, 1.807) is 5.06 Å². The van der Waals surface area contributed by atoms with Crippen molar-refractivity contribution in [1.82, 2.24) is 9.96 Å². The smallest absolute Gasteiger partial charge is 0.261 e. The van der Waals surface area contributed by atoms with Crippen molar-refractivity contribution in [2.45, 2.75) is 37.8 Å². The van der Waals surface area contributed by atoms with E-state index in [-0.39, 0.29) is 17.7 Å². The zero-order chi connectivity index (χ0) is 24.0. The average Bonchev–Trinajstić information content (AvgIpc) is 3.30. The van der Waals surface area contributed by atoms with Gasteiger partial charge in [0.25, 0.3) is 5.91 Å². The molecule has 3 amide bonds.